The summed E-state index contributed by atoms with van der Waals surface area (Å²) in [5, 5.41) is 5.65. The Kier molecular flexibility index (Phi) is 5.65. The van der Waals surface area contributed by atoms with Gasteiger partial charge < -0.3 is 10.6 Å². The summed E-state index contributed by atoms with van der Waals surface area (Å²) in [4.78, 5) is 11.8. The van der Waals surface area contributed by atoms with Gasteiger partial charge in [0.2, 0.25) is 5.91 Å². The summed E-state index contributed by atoms with van der Waals surface area (Å²) in [6, 6.07) is 11.9. The van der Waals surface area contributed by atoms with Crippen molar-refractivity contribution < 1.29 is 18.0 Å². The van der Waals surface area contributed by atoms with E-state index in [0.717, 1.165) is 22.3 Å². The second kappa shape index (κ2) is 7.50. The minimum atomic E-state index is -4.38. The lowest BCUT2D eigenvalue weighted by Crippen LogP contribution is -2.16. The molecule has 2 aromatic rings. The van der Waals surface area contributed by atoms with E-state index in [1.54, 1.807) is 0 Å². The number of alkyl halides is 3. The molecule has 0 aliphatic heterocycles. The molecule has 3 nitrogen and oxygen atoms in total. The summed E-state index contributed by atoms with van der Waals surface area (Å²) in [7, 11) is 0. The normalized spacial score (nSPS) is 11.1. The van der Waals surface area contributed by atoms with E-state index in [4.69, 9.17) is 0 Å². The molecule has 0 heterocycles. The van der Waals surface area contributed by atoms with Gasteiger partial charge in [-0.25, -0.2) is 0 Å². The summed E-state index contributed by atoms with van der Waals surface area (Å²) in [5.41, 5.74) is 0.471. The number of carbonyl (C=O) groups is 1. The third-order valence-corrected chi connectivity index (χ3v) is 3.50. The predicted molar refractivity (Wildman–Crippen MR) is 87.3 cm³/mol. The van der Waals surface area contributed by atoms with Crippen LogP contribution in [0.3, 0.4) is 0 Å². The van der Waals surface area contributed by atoms with Crippen LogP contribution in [-0.2, 0) is 11.0 Å². The number of rotatable bonds is 5. The first-order valence-corrected chi connectivity index (χ1v) is 7.60. The molecule has 0 saturated heterocycles. The molecule has 0 bridgehead atoms. The second-order valence-corrected chi connectivity index (χ2v) is 5.73. The number of anilines is 2. The van der Waals surface area contributed by atoms with Crippen LogP contribution in [0.1, 0.15) is 12.0 Å². The van der Waals surface area contributed by atoms with Gasteiger partial charge >= 0.3 is 6.18 Å². The highest BCUT2D eigenvalue weighted by molar-refractivity contribution is 9.10. The second-order valence-electron chi connectivity index (χ2n) is 4.81. The van der Waals surface area contributed by atoms with Crippen molar-refractivity contribution in [2.45, 2.75) is 12.6 Å². The van der Waals surface area contributed by atoms with E-state index < -0.39 is 11.7 Å². The minimum Gasteiger partial charge on any atom is -0.384 e. The number of hydrogen-bond acceptors (Lipinski definition) is 2. The lowest BCUT2D eigenvalue weighted by Gasteiger charge is -2.09. The van der Waals surface area contributed by atoms with Crippen LogP contribution in [0.4, 0.5) is 24.5 Å². The summed E-state index contributed by atoms with van der Waals surface area (Å²) in [6.45, 7) is 0.420. The van der Waals surface area contributed by atoms with Gasteiger partial charge in [-0.3, -0.25) is 4.79 Å². The Balaban J connectivity index is 1.80. The molecule has 0 aliphatic rings. The van der Waals surface area contributed by atoms with E-state index in [0.29, 0.717) is 12.2 Å². The Hall–Kier alpha value is -2.02. The summed E-state index contributed by atoms with van der Waals surface area (Å²) in [6.07, 6.45) is -4.18. The van der Waals surface area contributed by atoms with Crippen LogP contribution in [0.15, 0.2) is 53.0 Å². The number of benzene rings is 2. The molecular formula is C16H14BrF3N2O. The zero-order valence-corrected chi connectivity index (χ0v) is 13.5. The van der Waals surface area contributed by atoms with Crippen molar-refractivity contribution in [2.75, 3.05) is 17.2 Å². The van der Waals surface area contributed by atoms with Crippen molar-refractivity contribution in [3.8, 4) is 0 Å². The molecule has 7 heteroatoms. The first-order chi connectivity index (χ1) is 10.8. The topological polar surface area (TPSA) is 41.1 Å². The predicted octanol–water partition coefficient (Wildman–Crippen LogP) is 4.91. The first kappa shape index (κ1) is 17.3. The molecule has 0 aliphatic carbocycles. The SMILES string of the molecule is O=C(CCNc1cccc(Br)c1)Nc1ccc(C(F)(F)F)cc1. The molecule has 0 spiro atoms. The standard InChI is InChI=1S/C16H14BrF3N2O/c17-12-2-1-3-14(10-12)21-9-8-15(23)22-13-6-4-11(5-7-13)16(18,19)20/h1-7,10,21H,8-9H2,(H,22,23). The van der Waals surface area contributed by atoms with Crippen LogP contribution in [0, 0.1) is 0 Å². The molecule has 0 atom stereocenters. The number of carbonyl (C=O) groups excluding carboxylic acids is 1. The molecule has 0 unspecified atom stereocenters. The molecule has 0 saturated carbocycles. The maximum Gasteiger partial charge on any atom is 0.416 e. The largest absolute Gasteiger partial charge is 0.416 e. The maximum atomic E-state index is 12.4. The molecule has 1 amide bonds. The third kappa shape index (κ3) is 5.59. The van der Waals surface area contributed by atoms with Gasteiger partial charge in [-0.15, -0.1) is 0 Å². The van der Waals surface area contributed by atoms with Crippen molar-refractivity contribution in [3.05, 3.63) is 58.6 Å². The van der Waals surface area contributed by atoms with Gasteiger partial charge in [0.15, 0.2) is 0 Å². The first-order valence-electron chi connectivity index (χ1n) is 6.81. The van der Waals surface area contributed by atoms with E-state index in [1.165, 1.54) is 12.1 Å². The van der Waals surface area contributed by atoms with E-state index in [-0.39, 0.29) is 12.3 Å². The average Bonchev–Trinajstić information content (AvgIpc) is 2.47. The Bertz CT molecular complexity index is 672. The third-order valence-electron chi connectivity index (χ3n) is 3.00. The van der Waals surface area contributed by atoms with Crippen molar-refractivity contribution in [3.63, 3.8) is 0 Å². The summed E-state index contributed by atoms with van der Waals surface area (Å²) < 4.78 is 38.2. The fourth-order valence-corrected chi connectivity index (χ4v) is 2.28. The van der Waals surface area contributed by atoms with E-state index in [2.05, 4.69) is 26.6 Å². The monoisotopic (exact) mass is 386 g/mol. The molecule has 2 rings (SSSR count). The van der Waals surface area contributed by atoms with Crippen LogP contribution in [0.2, 0.25) is 0 Å². The molecule has 122 valence electrons. The Morgan fingerprint density at radius 1 is 1.04 bits per heavy atom. The van der Waals surface area contributed by atoms with Crippen molar-refractivity contribution in [2.24, 2.45) is 0 Å². The van der Waals surface area contributed by atoms with Crippen LogP contribution in [0.5, 0.6) is 0 Å². The number of nitrogens with one attached hydrogen (secondary N) is 2. The average molecular weight is 387 g/mol. The molecule has 0 fully saturated rings. The van der Waals surface area contributed by atoms with Gasteiger partial charge in [-0.2, -0.15) is 13.2 Å². The highest BCUT2D eigenvalue weighted by Gasteiger charge is 2.29. The number of halogens is 4. The number of hydrogen-bond donors (Lipinski definition) is 2. The highest BCUT2D eigenvalue weighted by Crippen LogP contribution is 2.29. The van der Waals surface area contributed by atoms with Gasteiger partial charge in [-0.1, -0.05) is 22.0 Å². The summed E-state index contributed by atoms with van der Waals surface area (Å²) >= 11 is 3.35. The van der Waals surface area contributed by atoms with Gasteiger partial charge in [0.05, 0.1) is 5.56 Å². The molecule has 0 aromatic heterocycles. The fraction of sp³-hybridized carbons (Fsp3) is 0.188. The smallest absolute Gasteiger partial charge is 0.384 e. The van der Waals surface area contributed by atoms with E-state index >= 15 is 0 Å². The number of amides is 1. The van der Waals surface area contributed by atoms with E-state index in [1.807, 2.05) is 24.3 Å². The molecule has 0 radical (unpaired) electrons. The lowest BCUT2D eigenvalue weighted by molar-refractivity contribution is -0.137. The Morgan fingerprint density at radius 3 is 2.35 bits per heavy atom. The Labute approximate surface area is 140 Å². The van der Waals surface area contributed by atoms with Gasteiger partial charge in [-0.05, 0) is 42.5 Å². The quantitative estimate of drug-likeness (QED) is 0.766. The fourth-order valence-electron chi connectivity index (χ4n) is 1.88. The van der Waals surface area contributed by atoms with Crippen molar-refractivity contribution >= 4 is 33.2 Å². The van der Waals surface area contributed by atoms with Gasteiger partial charge in [0, 0.05) is 28.8 Å². The maximum absolute atomic E-state index is 12.4. The van der Waals surface area contributed by atoms with Crippen molar-refractivity contribution in [1.29, 1.82) is 0 Å². The van der Waals surface area contributed by atoms with Crippen molar-refractivity contribution in [1.82, 2.24) is 0 Å². The summed E-state index contributed by atoms with van der Waals surface area (Å²) in [5.74, 6) is -0.271. The van der Waals surface area contributed by atoms with Gasteiger partial charge in [0.25, 0.3) is 0 Å². The van der Waals surface area contributed by atoms with Crippen LogP contribution in [-0.4, -0.2) is 12.5 Å². The molecule has 2 aromatic carbocycles. The zero-order chi connectivity index (χ0) is 16.9. The minimum absolute atomic E-state index is 0.202. The molecule has 2 N–H and O–H groups in total. The van der Waals surface area contributed by atoms with Gasteiger partial charge in [0.1, 0.15) is 0 Å². The Morgan fingerprint density at radius 2 is 1.74 bits per heavy atom. The van der Waals surface area contributed by atoms with E-state index in [9.17, 15) is 18.0 Å². The molecule has 23 heavy (non-hydrogen) atoms. The molecular weight excluding hydrogens is 373 g/mol. The lowest BCUT2D eigenvalue weighted by atomic mass is 10.2. The van der Waals surface area contributed by atoms with Crippen LogP contribution < -0.4 is 10.6 Å². The van der Waals surface area contributed by atoms with Crippen LogP contribution in [0.25, 0.3) is 0 Å². The zero-order valence-electron chi connectivity index (χ0n) is 12.0. The van der Waals surface area contributed by atoms with Crippen LogP contribution >= 0.6 is 15.9 Å². The highest BCUT2D eigenvalue weighted by atomic mass is 79.9.